The number of hydrogen-bond acceptors (Lipinski definition) is 2. The Hall–Kier alpha value is -1.26. The highest BCUT2D eigenvalue weighted by Crippen LogP contribution is 2.35. The number of fused-ring (bicyclic) bond motifs is 1. The van der Waals surface area contributed by atoms with E-state index < -0.39 is 0 Å². The van der Waals surface area contributed by atoms with Gasteiger partial charge in [-0.15, -0.1) is 0 Å². The van der Waals surface area contributed by atoms with Crippen molar-refractivity contribution in [2.24, 2.45) is 5.92 Å². The Morgan fingerprint density at radius 1 is 1.14 bits per heavy atom. The monoisotopic (exact) mass is 295 g/mol. The van der Waals surface area contributed by atoms with Gasteiger partial charge >= 0.3 is 6.03 Å². The Labute approximate surface area is 127 Å². The second-order valence-electron chi connectivity index (χ2n) is 6.65. The Morgan fingerprint density at radius 2 is 1.86 bits per heavy atom. The van der Waals surface area contributed by atoms with Crippen LogP contribution in [-0.2, 0) is 4.79 Å². The van der Waals surface area contributed by atoms with Crippen molar-refractivity contribution in [1.29, 1.82) is 0 Å². The van der Waals surface area contributed by atoms with Crippen molar-refractivity contribution >= 4 is 11.9 Å². The maximum Gasteiger partial charge on any atom is 0.315 e. The number of hydrogen-bond donors (Lipinski definition) is 2. The number of nitrogens with zero attached hydrogens (tertiary/aromatic N) is 1. The lowest BCUT2D eigenvalue weighted by Crippen LogP contribution is -2.50. The second kappa shape index (κ2) is 7.66. The number of likely N-dealkylation sites (tertiary alicyclic amines) is 1. The molecule has 0 aromatic heterocycles. The van der Waals surface area contributed by atoms with Gasteiger partial charge in [-0.05, 0) is 45.4 Å². The molecule has 5 nitrogen and oxygen atoms in total. The summed E-state index contributed by atoms with van der Waals surface area (Å²) in [5.41, 5.74) is 0. The Morgan fingerprint density at radius 3 is 2.62 bits per heavy atom. The molecule has 21 heavy (non-hydrogen) atoms. The Bertz CT molecular complexity index is 369. The molecule has 0 spiro atoms. The zero-order valence-corrected chi connectivity index (χ0v) is 13.4. The summed E-state index contributed by atoms with van der Waals surface area (Å²) in [4.78, 5) is 26.0. The minimum atomic E-state index is -0.188. The maximum absolute atomic E-state index is 12.4. The topological polar surface area (TPSA) is 61.4 Å². The molecule has 2 fully saturated rings. The standard InChI is InChI=1S/C16H29N3O2/c1-12(2)18-16(21)17-10-9-15(20)19-11-5-7-13-6-3-4-8-14(13)19/h12-14H,3-11H2,1-2H3,(H2,17,18,21). The minimum Gasteiger partial charge on any atom is -0.339 e. The van der Waals surface area contributed by atoms with Crippen LogP contribution in [0.4, 0.5) is 4.79 Å². The van der Waals surface area contributed by atoms with E-state index >= 15 is 0 Å². The van der Waals surface area contributed by atoms with Gasteiger partial charge in [0.2, 0.25) is 5.91 Å². The van der Waals surface area contributed by atoms with Gasteiger partial charge in [-0.2, -0.15) is 0 Å². The predicted octanol–water partition coefficient (Wildman–Crippen LogP) is 2.27. The average Bonchev–Trinajstić information content (AvgIpc) is 2.45. The largest absolute Gasteiger partial charge is 0.339 e. The summed E-state index contributed by atoms with van der Waals surface area (Å²) in [7, 11) is 0. The second-order valence-corrected chi connectivity index (χ2v) is 6.65. The molecule has 3 amide bonds. The Kier molecular flexibility index (Phi) is 5.88. The lowest BCUT2D eigenvalue weighted by molar-refractivity contribution is -0.137. The molecule has 2 unspecified atom stereocenters. The molecule has 0 bridgehead atoms. The Balaban J connectivity index is 1.75. The first-order chi connectivity index (χ1) is 10.1. The van der Waals surface area contributed by atoms with Gasteiger partial charge in [0.05, 0.1) is 0 Å². The van der Waals surface area contributed by atoms with Gasteiger partial charge in [0.15, 0.2) is 0 Å². The van der Waals surface area contributed by atoms with Crippen molar-refractivity contribution in [3.8, 4) is 0 Å². The number of urea groups is 1. The first kappa shape index (κ1) is 16.1. The average molecular weight is 295 g/mol. The zero-order valence-electron chi connectivity index (χ0n) is 13.4. The highest BCUT2D eigenvalue weighted by molar-refractivity contribution is 5.78. The summed E-state index contributed by atoms with van der Waals surface area (Å²) in [5.74, 6) is 0.921. The fourth-order valence-electron chi connectivity index (χ4n) is 3.67. The van der Waals surface area contributed by atoms with Gasteiger partial charge in [-0.1, -0.05) is 12.8 Å². The molecule has 2 N–H and O–H groups in total. The van der Waals surface area contributed by atoms with Crippen molar-refractivity contribution in [3.63, 3.8) is 0 Å². The SMILES string of the molecule is CC(C)NC(=O)NCCC(=O)N1CCCC2CCCCC21. The third-order valence-corrected chi connectivity index (χ3v) is 4.61. The van der Waals surface area contributed by atoms with Gasteiger partial charge in [0.25, 0.3) is 0 Å². The fraction of sp³-hybridized carbons (Fsp3) is 0.875. The van der Waals surface area contributed by atoms with Gasteiger partial charge in [-0.25, -0.2) is 4.79 Å². The van der Waals surface area contributed by atoms with Gasteiger partial charge < -0.3 is 15.5 Å². The van der Waals surface area contributed by atoms with Gasteiger partial charge in [0, 0.05) is 31.6 Å². The molecule has 1 saturated heterocycles. The van der Waals surface area contributed by atoms with E-state index in [2.05, 4.69) is 15.5 Å². The molecule has 2 rings (SSSR count). The first-order valence-corrected chi connectivity index (χ1v) is 8.41. The van der Waals surface area contributed by atoms with E-state index in [1.54, 1.807) is 0 Å². The van der Waals surface area contributed by atoms with E-state index in [0.717, 1.165) is 19.4 Å². The van der Waals surface area contributed by atoms with E-state index in [1.165, 1.54) is 25.7 Å². The molecule has 2 atom stereocenters. The van der Waals surface area contributed by atoms with E-state index in [1.807, 2.05) is 13.8 Å². The zero-order chi connectivity index (χ0) is 15.2. The minimum absolute atomic E-state index is 0.116. The molecule has 0 aromatic rings. The normalized spacial score (nSPS) is 25.4. The lowest BCUT2D eigenvalue weighted by Gasteiger charge is -2.44. The van der Waals surface area contributed by atoms with Crippen molar-refractivity contribution in [2.75, 3.05) is 13.1 Å². The van der Waals surface area contributed by atoms with Crippen LogP contribution in [0.25, 0.3) is 0 Å². The number of carbonyl (C=O) groups is 2. The number of piperidine rings is 1. The van der Waals surface area contributed by atoms with Gasteiger partial charge in [0.1, 0.15) is 0 Å². The molecule has 1 saturated carbocycles. The fourth-order valence-corrected chi connectivity index (χ4v) is 3.67. The van der Waals surface area contributed by atoms with Crippen LogP contribution in [0.2, 0.25) is 0 Å². The lowest BCUT2D eigenvalue weighted by atomic mass is 9.78. The summed E-state index contributed by atoms with van der Waals surface area (Å²) in [6, 6.07) is 0.391. The molecule has 1 aliphatic carbocycles. The van der Waals surface area contributed by atoms with Crippen LogP contribution in [0, 0.1) is 5.92 Å². The predicted molar refractivity (Wildman–Crippen MR) is 83.0 cm³/mol. The molecule has 1 aliphatic heterocycles. The van der Waals surface area contributed by atoms with Crippen molar-refractivity contribution in [3.05, 3.63) is 0 Å². The third-order valence-electron chi connectivity index (χ3n) is 4.61. The summed E-state index contributed by atoms with van der Waals surface area (Å²) in [6.45, 7) is 5.16. The third kappa shape index (κ3) is 4.61. The van der Waals surface area contributed by atoms with Crippen LogP contribution in [0.1, 0.15) is 58.8 Å². The van der Waals surface area contributed by atoms with Gasteiger partial charge in [-0.3, -0.25) is 4.79 Å². The summed E-state index contributed by atoms with van der Waals surface area (Å²) < 4.78 is 0. The molecule has 120 valence electrons. The summed E-state index contributed by atoms with van der Waals surface area (Å²) in [5, 5.41) is 5.52. The van der Waals surface area contributed by atoms with E-state index in [0.29, 0.717) is 24.9 Å². The number of nitrogens with one attached hydrogen (secondary N) is 2. The smallest absolute Gasteiger partial charge is 0.315 e. The van der Waals surface area contributed by atoms with Crippen molar-refractivity contribution in [2.45, 2.75) is 70.9 Å². The highest BCUT2D eigenvalue weighted by Gasteiger charge is 2.35. The van der Waals surface area contributed by atoms with Crippen LogP contribution < -0.4 is 10.6 Å². The first-order valence-electron chi connectivity index (χ1n) is 8.41. The molecule has 0 radical (unpaired) electrons. The number of rotatable bonds is 4. The van der Waals surface area contributed by atoms with Crippen molar-refractivity contribution in [1.82, 2.24) is 15.5 Å². The number of amides is 3. The van der Waals surface area contributed by atoms with Crippen LogP contribution in [0.5, 0.6) is 0 Å². The molecule has 2 aliphatic rings. The van der Waals surface area contributed by atoms with Crippen LogP contribution >= 0.6 is 0 Å². The molecular weight excluding hydrogens is 266 g/mol. The van der Waals surface area contributed by atoms with Crippen LogP contribution in [0.15, 0.2) is 0 Å². The number of carbonyl (C=O) groups excluding carboxylic acids is 2. The van der Waals surface area contributed by atoms with Crippen LogP contribution in [-0.4, -0.2) is 42.0 Å². The maximum atomic E-state index is 12.4. The molecule has 0 aromatic carbocycles. The highest BCUT2D eigenvalue weighted by atomic mass is 16.2. The molecule has 1 heterocycles. The molecule has 5 heteroatoms. The van der Waals surface area contributed by atoms with E-state index in [9.17, 15) is 9.59 Å². The van der Waals surface area contributed by atoms with Crippen LogP contribution in [0.3, 0.4) is 0 Å². The summed E-state index contributed by atoms with van der Waals surface area (Å²) >= 11 is 0. The quantitative estimate of drug-likeness (QED) is 0.836. The van der Waals surface area contributed by atoms with E-state index in [-0.39, 0.29) is 18.0 Å². The van der Waals surface area contributed by atoms with Crippen molar-refractivity contribution < 1.29 is 9.59 Å². The molecular formula is C16H29N3O2. The van der Waals surface area contributed by atoms with E-state index in [4.69, 9.17) is 0 Å². The summed E-state index contributed by atoms with van der Waals surface area (Å²) in [6.07, 6.45) is 7.84.